The second-order valence-corrected chi connectivity index (χ2v) is 4.70. The molecular weight excluding hydrogens is 267 g/mol. The number of benzene rings is 2. The topological polar surface area (TPSA) is 42.0 Å². The lowest BCUT2D eigenvalue weighted by atomic mass is 10.1. The van der Waals surface area contributed by atoms with Crippen molar-refractivity contribution in [1.29, 1.82) is 0 Å². The second-order valence-electron chi connectivity index (χ2n) is 4.70. The molecule has 0 atom stereocenters. The number of nitrogens with zero attached hydrogens (tertiary/aromatic N) is 1. The molecule has 21 heavy (non-hydrogen) atoms. The fourth-order valence-electron chi connectivity index (χ4n) is 2.13. The number of hydrogen-bond acceptors (Lipinski definition) is 2. The van der Waals surface area contributed by atoms with Crippen LogP contribution in [0.15, 0.2) is 60.8 Å². The highest BCUT2D eigenvalue weighted by atomic mass is 19.1. The molecule has 3 nitrogen and oxygen atoms in total. The number of fused-ring (bicyclic) bond motifs is 1. The van der Waals surface area contributed by atoms with Crippen molar-refractivity contribution in [1.82, 2.24) is 10.3 Å². The number of nitrogens with one attached hydrogen (secondary N) is 1. The van der Waals surface area contributed by atoms with Gasteiger partial charge < -0.3 is 5.32 Å². The van der Waals surface area contributed by atoms with Crippen LogP contribution in [0.25, 0.3) is 10.9 Å². The van der Waals surface area contributed by atoms with Gasteiger partial charge in [0.15, 0.2) is 0 Å². The van der Waals surface area contributed by atoms with Crippen molar-refractivity contribution in [3.05, 3.63) is 77.7 Å². The molecule has 104 valence electrons. The van der Waals surface area contributed by atoms with Crippen LogP contribution in [-0.2, 0) is 6.54 Å². The molecule has 0 radical (unpaired) electrons. The Balaban J connectivity index is 1.79. The van der Waals surface area contributed by atoms with Gasteiger partial charge in [-0.2, -0.15) is 0 Å². The number of pyridine rings is 1. The van der Waals surface area contributed by atoms with Crippen molar-refractivity contribution in [3.8, 4) is 0 Å². The first kappa shape index (κ1) is 13.2. The maximum absolute atomic E-state index is 13.5. The van der Waals surface area contributed by atoms with Gasteiger partial charge in [-0.25, -0.2) is 4.39 Å². The average Bonchev–Trinajstić information content (AvgIpc) is 2.53. The molecular formula is C17H13FN2O. The lowest BCUT2D eigenvalue weighted by molar-refractivity contribution is 0.0950. The number of carbonyl (C=O) groups is 1. The normalized spacial score (nSPS) is 10.5. The summed E-state index contributed by atoms with van der Waals surface area (Å²) in [5.41, 5.74) is 1.71. The predicted octanol–water partition coefficient (Wildman–Crippen LogP) is 3.30. The molecule has 0 aliphatic rings. The minimum absolute atomic E-state index is 0.225. The first-order valence-corrected chi connectivity index (χ1v) is 6.60. The van der Waals surface area contributed by atoms with E-state index in [0.29, 0.717) is 17.5 Å². The molecule has 0 bridgehead atoms. The smallest absolute Gasteiger partial charge is 0.253 e. The molecule has 1 heterocycles. The van der Waals surface area contributed by atoms with Crippen molar-refractivity contribution in [2.75, 3.05) is 0 Å². The molecule has 1 N–H and O–H groups in total. The number of para-hydroxylation sites is 1. The van der Waals surface area contributed by atoms with E-state index in [-0.39, 0.29) is 17.2 Å². The van der Waals surface area contributed by atoms with E-state index < -0.39 is 0 Å². The van der Waals surface area contributed by atoms with Crippen molar-refractivity contribution < 1.29 is 9.18 Å². The zero-order valence-corrected chi connectivity index (χ0v) is 11.2. The Morgan fingerprint density at radius 1 is 1.10 bits per heavy atom. The molecule has 1 aromatic heterocycles. The van der Waals surface area contributed by atoms with Gasteiger partial charge in [0.05, 0.1) is 5.56 Å². The predicted molar refractivity (Wildman–Crippen MR) is 79.3 cm³/mol. The van der Waals surface area contributed by atoms with E-state index in [0.717, 1.165) is 5.56 Å². The Bertz CT molecular complexity index is 787. The number of rotatable bonds is 3. The molecule has 3 aromatic rings. The summed E-state index contributed by atoms with van der Waals surface area (Å²) in [4.78, 5) is 16.1. The Hall–Kier alpha value is -2.75. The standard InChI is InChI=1S/C17H13FN2O/c18-15-8-4-7-13-9-14(11-19-16(13)15)17(21)20-10-12-5-2-1-3-6-12/h1-9,11H,10H2,(H,20,21). The fraction of sp³-hybridized carbons (Fsp3) is 0.0588. The van der Waals surface area contributed by atoms with E-state index in [1.807, 2.05) is 30.3 Å². The van der Waals surface area contributed by atoms with Gasteiger partial charge in [0.2, 0.25) is 0 Å². The number of aromatic nitrogens is 1. The molecule has 0 spiro atoms. The fourth-order valence-corrected chi connectivity index (χ4v) is 2.13. The van der Waals surface area contributed by atoms with Crippen LogP contribution in [0.4, 0.5) is 4.39 Å². The third-order valence-electron chi connectivity index (χ3n) is 3.22. The monoisotopic (exact) mass is 280 g/mol. The highest BCUT2D eigenvalue weighted by molar-refractivity contribution is 5.97. The molecule has 2 aromatic carbocycles. The zero-order chi connectivity index (χ0) is 14.7. The number of hydrogen-bond donors (Lipinski definition) is 1. The van der Waals surface area contributed by atoms with Crippen LogP contribution >= 0.6 is 0 Å². The molecule has 0 fully saturated rings. The van der Waals surface area contributed by atoms with Crippen molar-refractivity contribution in [2.24, 2.45) is 0 Å². The highest BCUT2D eigenvalue weighted by Crippen LogP contribution is 2.16. The number of halogens is 1. The van der Waals surface area contributed by atoms with E-state index >= 15 is 0 Å². The summed E-state index contributed by atoms with van der Waals surface area (Å²) in [6.07, 6.45) is 1.39. The third kappa shape index (κ3) is 2.89. The summed E-state index contributed by atoms with van der Waals surface area (Å²) < 4.78 is 13.5. The molecule has 0 saturated heterocycles. The van der Waals surface area contributed by atoms with Crippen LogP contribution in [0.1, 0.15) is 15.9 Å². The summed E-state index contributed by atoms with van der Waals surface area (Å²) in [5, 5.41) is 3.44. The van der Waals surface area contributed by atoms with Gasteiger partial charge in [-0.15, -0.1) is 0 Å². The Morgan fingerprint density at radius 2 is 1.90 bits per heavy atom. The van der Waals surface area contributed by atoms with Gasteiger partial charge >= 0.3 is 0 Å². The van der Waals surface area contributed by atoms with E-state index in [1.165, 1.54) is 12.3 Å². The minimum Gasteiger partial charge on any atom is -0.348 e. The Kier molecular flexibility index (Phi) is 3.60. The summed E-state index contributed by atoms with van der Waals surface area (Å²) in [6, 6.07) is 16.0. The van der Waals surface area contributed by atoms with E-state index in [2.05, 4.69) is 10.3 Å². The van der Waals surface area contributed by atoms with E-state index in [4.69, 9.17) is 0 Å². The number of amides is 1. The van der Waals surface area contributed by atoms with Crippen LogP contribution in [0, 0.1) is 5.82 Å². The molecule has 1 amide bonds. The molecule has 0 unspecified atom stereocenters. The lowest BCUT2D eigenvalue weighted by Gasteiger charge is -2.06. The van der Waals surface area contributed by atoms with Crippen molar-refractivity contribution >= 4 is 16.8 Å². The first-order chi connectivity index (χ1) is 10.2. The SMILES string of the molecule is O=C(NCc1ccccc1)c1cnc2c(F)cccc2c1. The highest BCUT2D eigenvalue weighted by Gasteiger charge is 2.08. The maximum atomic E-state index is 13.5. The summed E-state index contributed by atoms with van der Waals surface area (Å²) in [7, 11) is 0. The van der Waals surface area contributed by atoms with Gasteiger partial charge in [-0.3, -0.25) is 9.78 Å². The molecule has 0 saturated carbocycles. The molecule has 0 aliphatic heterocycles. The lowest BCUT2D eigenvalue weighted by Crippen LogP contribution is -2.22. The Labute approximate surface area is 121 Å². The van der Waals surface area contributed by atoms with Gasteiger partial charge in [0.1, 0.15) is 11.3 Å². The van der Waals surface area contributed by atoms with Crippen LogP contribution in [0.3, 0.4) is 0 Å². The van der Waals surface area contributed by atoms with Crippen LogP contribution in [0.5, 0.6) is 0 Å². The van der Waals surface area contributed by atoms with Gasteiger partial charge in [0, 0.05) is 18.1 Å². The molecule has 3 rings (SSSR count). The Morgan fingerprint density at radius 3 is 2.71 bits per heavy atom. The number of carbonyl (C=O) groups excluding carboxylic acids is 1. The quantitative estimate of drug-likeness (QED) is 0.799. The van der Waals surface area contributed by atoms with Crippen LogP contribution in [0.2, 0.25) is 0 Å². The first-order valence-electron chi connectivity index (χ1n) is 6.60. The van der Waals surface area contributed by atoms with Gasteiger partial charge in [-0.05, 0) is 17.7 Å². The summed E-state index contributed by atoms with van der Waals surface area (Å²) in [5.74, 6) is -0.610. The van der Waals surface area contributed by atoms with Crippen LogP contribution in [-0.4, -0.2) is 10.9 Å². The van der Waals surface area contributed by atoms with Gasteiger partial charge in [-0.1, -0.05) is 42.5 Å². The maximum Gasteiger partial charge on any atom is 0.253 e. The largest absolute Gasteiger partial charge is 0.348 e. The zero-order valence-electron chi connectivity index (χ0n) is 11.2. The van der Waals surface area contributed by atoms with Crippen molar-refractivity contribution in [3.63, 3.8) is 0 Å². The van der Waals surface area contributed by atoms with Crippen molar-refractivity contribution in [2.45, 2.75) is 6.54 Å². The average molecular weight is 280 g/mol. The third-order valence-corrected chi connectivity index (χ3v) is 3.22. The molecule has 0 aliphatic carbocycles. The second kappa shape index (κ2) is 5.71. The minimum atomic E-state index is -0.385. The van der Waals surface area contributed by atoms with E-state index in [1.54, 1.807) is 18.2 Å². The van der Waals surface area contributed by atoms with E-state index in [9.17, 15) is 9.18 Å². The van der Waals surface area contributed by atoms with Crippen LogP contribution < -0.4 is 5.32 Å². The summed E-state index contributed by atoms with van der Waals surface area (Å²) in [6.45, 7) is 0.445. The van der Waals surface area contributed by atoms with Gasteiger partial charge in [0.25, 0.3) is 5.91 Å². The summed E-state index contributed by atoms with van der Waals surface area (Å²) >= 11 is 0. The molecule has 4 heteroatoms.